The molecule has 6 nitrogen and oxygen atoms in total. The molecule has 0 spiro atoms. The van der Waals surface area contributed by atoms with E-state index in [9.17, 15) is 0 Å². The summed E-state index contributed by atoms with van der Waals surface area (Å²) in [5.74, 6) is -1.10. The lowest BCUT2D eigenvalue weighted by Crippen LogP contribution is -2.50. The standard InChI is InChI=1S/C10H25NO5Si/c1-6-15-10(11,16-7-2)8-9-17(12-3,13-4)14-5/h6-9,11H2,1-5H3. The molecule has 0 saturated carbocycles. The monoisotopic (exact) mass is 267 g/mol. The van der Waals surface area contributed by atoms with Gasteiger partial charge in [0, 0.05) is 47.0 Å². The van der Waals surface area contributed by atoms with Gasteiger partial charge in [0.05, 0.1) is 0 Å². The number of ether oxygens (including phenoxy) is 2. The van der Waals surface area contributed by atoms with Crippen LogP contribution in [-0.4, -0.2) is 49.3 Å². The summed E-state index contributed by atoms with van der Waals surface area (Å²) in [6, 6.07) is 0.535. The van der Waals surface area contributed by atoms with Crippen molar-refractivity contribution in [1.29, 1.82) is 0 Å². The van der Waals surface area contributed by atoms with Crippen LogP contribution in [0.1, 0.15) is 20.3 Å². The fourth-order valence-electron chi connectivity index (χ4n) is 1.56. The summed E-state index contributed by atoms with van der Waals surface area (Å²) >= 11 is 0. The summed E-state index contributed by atoms with van der Waals surface area (Å²) in [7, 11) is 2.08. The van der Waals surface area contributed by atoms with E-state index in [-0.39, 0.29) is 0 Å². The van der Waals surface area contributed by atoms with Crippen molar-refractivity contribution >= 4 is 8.80 Å². The highest BCUT2D eigenvalue weighted by molar-refractivity contribution is 6.60. The Morgan fingerprint density at radius 2 is 1.35 bits per heavy atom. The third-order valence-electron chi connectivity index (χ3n) is 2.49. The molecule has 2 N–H and O–H groups in total. The Morgan fingerprint density at radius 3 is 1.65 bits per heavy atom. The zero-order chi connectivity index (χ0) is 13.4. The van der Waals surface area contributed by atoms with Crippen molar-refractivity contribution in [3.8, 4) is 0 Å². The van der Waals surface area contributed by atoms with Gasteiger partial charge in [0.1, 0.15) is 0 Å². The van der Waals surface area contributed by atoms with Gasteiger partial charge in [0.2, 0.25) is 5.91 Å². The molecule has 104 valence electrons. The molecular formula is C10H25NO5Si. The van der Waals surface area contributed by atoms with E-state index in [2.05, 4.69) is 0 Å². The van der Waals surface area contributed by atoms with Gasteiger partial charge in [-0.3, -0.25) is 5.73 Å². The summed E-state index contributed by atoms with van der Waals surface area (Å²) in [4.78, 5) is 0. The van der Waals surface area contributed by atoms with Crippen LogP contribution in [0.5, 0.6) is 0 Å². The van der Waals surface area contributed by atoms with Gasteiger partial charge in [-0.05, 0) is 13.8 Å². The first kappa shape index (κ1) is 17.0. The van der Waals surface area contributed by atoms with Crippen molar-refractivity contribution in [1.82, 2.24) is 0 Å². The van der Waals surface area contributed by atoms with Crippen LogP contribution in [-0.2, 0) is 22.8 Å². The maximum atomic E-state index is 6.00. The number of hydrogen-bond acceptors (Lipinski definition) is 6. The highest BCUT2D eigenvalue weighted by Crippen LogP contribution is 2.22. The third kappa shape index (κ3) is 5.43. The van der Waals surface area contributed by atoms with Crippen LogP contribution < -0.4 is 5.73 Å². The smallest absolute Gasteiger partial charge is 0.377 e. The molecule has 0 amide bonds. The molecule has 0 aliphatic carbocycles. The zero-order valence-corrected chi connectivity index (χ0v) is 12.4. The average molecular weight is 267 g/mol. The second kappa shape index (κ2) is 8.14. The molecule has 0 aromatic rings. The average Bonchev–Trinajstić information content (AvgIpc) is 2.32. The Hall–Kier alpha value is -0.0231. The van der Waals surface area contributed by atoms with Gasteiger partial charge in [-0.25, -0.2) is 0 Å². The molecule has 0 aliphatic rings. The van der Waals surface area contributed by atoms with Gasteiger partial charge < -0.3 is 22.8 Å². The SMILES string of the molecule is CCOC(N)(CC[Si](OC)(OC)OC)OCC. The Morgan fingerprint density at radius 1 is 0.941 bits per heavy atom. The van der Waals surface area contributed by atoms with Gasteiger partial charge in [0.25, 0.3) is 0 Å². The number of nitrogens with two attached hydrogens (primary N) is 1. The minimum absolute atomic E-state index is 0.455. The summed E-state index contributed by atoms with van der Waals surface area (Å²) in [6.07, 6.45) is 0.455. The lowest BCUT2D eigenvalue weighted by atomic mass is 10.4. The summed E-state index contributed by atoms with van der Waals surface area (Å²) < 4.78 is 26.8. The third-order valence-corrected chi connectivity index (χ3v) is 5.22. The molecule has 0 unspecified atom stereocenters. The summed E-state index contributed by atoms with van der Waals surface area (Å²) in [5, 5.41) is 0. The van der Waals surface area contributed by atoms with E-state index in [0.717, 1.165) is 0 Å². The molecule has 0 atom stereocenters. The van der Waals surface area contributed by atoms with E-state index >= 15 is 0 Å². The van der Waals surface area contributed by atoms with Gasteiger partial charge in [0.15, 0.2) is 0 Å². The molecule has 0 rings (SSSR count). The van der Waals surface area contributed by atoms with E-state index in [0.29, 0.717) is 25.7 Å². The zero-order valence-electron chi connectivity index (χ0n) is 11.4. The maximum Gasteiger partial charge on any atom is 0.500 e. The van der Waals surface area contributed by atoms with Crippen molar-refractivity contribution in [2.75, 3.05) is 34.5 Å². The molecule has 0 radical (unpaired) electrons. The van der Waals surface area contributed by atoms with Crippen LogP contribution >= 0.6 is 0 Å². The van der Waals surface area contributed by atoms with Gasteiger partial charge >= 0.3 is 8.80 Å². The molecule has 0 bridgehead atoms. The summed E-state index contributed by atoms with van der Waals surface area (Å²) in [6.45, 7) is 4.71. The van der Waals surface area contributed by atoms with Crippen LogP contribution in [0.15, 0.2) is 0 Å². The topological polar surface area (TPSA) is 72.2 Å². The first-order chi connectivity index (χ1) is 8.01. The van der Waals surface area contributed by atoms with Crippen molar-refractivity contribution in [2.45, 2.75) is 32.2 Å². The minimum Gasteiger partial charge on any atom is -0.377 e. The second-order valence-electron chi connectivity index (χ2n) is 3.47. The van der Waals surface area contributed by atoms with E-state index in [1.165, 1.54) is 0 Å². The van der Waals surface area contributed by atoms with Crippen LogP contribution in [0, 0.1) is 0 Å². The molecule has 0 aromatic heterocycles. The number of rotatable bonds is 10. The lowest BCUT2D eigenvalue weighted by Gasteiger charge is -2.32. The largest absolute Gasteiger partial charge is 0.500 e. The van der Waals surface area contributed by atoms with Crippen molar-refractivity contribution in [3.05, 3.63) is 0 Å². The van der Waals surface area contributed by atoms with E-state index < -0.39 is 14.7 Å². The van der Waals surface area contributed by atoms with Crippen molar-refractivity contribution < 1.29 is 22.8 Å². The van der Waals surface area contributed by atoms with E-state index in [1.54, 1.807) is 21.3 Å². The highest BCUT2D eigenvalue weighted by Gasteiger charge is 2.41. The van der Waals surface area contributed by atoms with Crippen LogP contribution in [0.25, 0.3) is 0 Å². The van der Waals surface area contributed by atoms with Gasteiger partial charge in [-0.2, -0.15) is 0 Å². The lowest BCUT2D eigenvalue weighted by molar-refractivity contribution is -0.231. The fraction of sp³-hybridized carbons (Fsp3) is 1.00. The first-order valence-electron chi connectivity index (χ1n) is 5.73. The highest BCUT2D eigenvalue weighted by atomic mass is 28.4. The number of hydrogen-bond donors (Lipinski definition) is 1. The van der Waals surface area contributed by atoms with Crippen LogP contribution in [0.3, 0.4) is 0 Å². The molecule has 0 saturated heterocycles. The Kier molecular flexibility index (Phi) is 8.13. The Labute approximate surface area is 105 Å². The fourth-order valence-corrected chi connectivity index (χ4v) is 3.33. The quantitative estimate of drug-likeness (QED) is 0.469. The Bertz CT molecular complexity index is 187. The molecular weight excluding hydrogens is 242 g/mol. The van der Waals surface area contributed by atoms with E-state index in [4.69, 9.17) is 28.5 Å². The van der Waals surface area contributed by atoms with Crippen molar-refractivity contribution in [3.63, 3.8) is 0 Å². The van der Waals surface area contributed by atoms with Gasteiger partial charge in [-0.15, -0.1) is 0 Å². The molecule has 0 heterocycles. The molecule has 0 fully saturated rings. The Balaban J connectivity index is 4.45. The normalized spacial score (nSPS) is 13.1. The predicted molar refractivity (Wildman–Crippen MR) is 66.4 cm³/mol. The van der Waals surface area contributed by atoms with Crippen molar-refractivity contribution in [2.24, 2.45) is 5.73 Å². The molecule has 0 aromatic carbocycles. The van der Waals surface area contributed by atoms with Gasteiger partial charge in [-0.1, -0.05) is 0 Å². The predicted octanol–water partition coefficient (Wildman–Crippen LogP) is 0.940. The molecule has 17 heavy (non-hydrogen) atoms. The molecule has 0 aliphatic heterocycles. The van der Waals surface area contributed by atoms with E-state index in [1.807, 2.05) is 13.8 Å². The first-order valence-corrected chi connectivity index (χ1v) is 7.66. The molecule has 7 heteroatoms. The van der Waals surface area contributed by atoms with Crippen LogP contribution in [0.2, 0.25) is 6.04 Å². The van der Waals surface area contributed by atoms with Crippen LogP contribution in [0.4, 0.5) is 0 Å². The maximum absolute atomic E-state index is 6.00. The minimum atomic E-state index is -2.63. The summed E-state index contributed by atoms with van der Waals surface area (Å²) in [5.41, 5.74) is 6.00. The second-order valence-corrected chi connectivity index (χ2v) is 6.56.